The molecule has 0 radical (unpaired) electrons. The highest BCUT2D eigenvalue weighted by atomic mass is 16.1. The van der Waals surface area contributed by atoms with Crippen molar-refractivity contribution in [2.45, 2.75) is 25.9 Å². The van der Waals surface area contributed by atoms with Crippen LogP contribution in [0, 0.1) is 6.92 Å². The van der Waals surface area contributed by atoms with Crippen molar-refractivity contribution in [3.63, 3.8) is 0 Å². The van der Waals surface area contributed by atoms with E-state index < -0.39 is 0 Å². The summed E-state index contributed by atoms with van der Waals surface area (Å²) in [5.74, 6) is 0.613. The second-order valence-corrected chi connectivity index (χ2v) is 6.98. The number of likely N-dealkylation sites (tertiary alicyclic amines) is 1. The molecule has 4 rings (SSSR count). The van der Waals surface area contributed by atoms with E-state index in [1.807, 2.05) is 23.9 Å². The summed E-state index contributed by atoms with van der Waals surface area (Å²) in [7, 11) is 0. The number of carbonyl (C=O) groups is 1. The van der Waals surface area contributed by atoms with Crippen LogP contribution in [0.25, 0.3) is 0 Å². The number of nitrogens with one attached hydrogen (secondary N) is 1. The molecule has 1 unspecified atom stereocenters. The first-order valence-electron chi connectivity index (χ1n) is 9.22. The molecule has 0 saturated carbocycles. The summed E-state index contributed by atoms with van der Waals surface area (Å²) in [6.07, 6.45) is 6.07. The molecule has 1 aromatic carbocycles. The smallest absolute Gasteiger partial charge is 0.258 e. The number of benzene rings is 1. The molecule has 0 bridgehead atoms. The lowest BCUT2D eigenvalue weighted by atomic mass is 10.2. The number of aromatic nitrogens is 3. The minimum atomic E-state index is -0.160. The molecule has 1 fully saturated rings. The molecule has 1 saturated heterocycles. The van der Waals surface area contributed by atoms with Gasteiger partial charge in [0, 0.05) is 37.6 Å². The van der Waals surface area contributed by atoms with Crippen LogP contribution in [0.4, 0.5) is 5.82 Å². The minimum Gasteiger partial charge on any atom is -0.306 e. The van der Waals surface area contributed by atoms with E-state index in [0.29, 0.717) is 5.56 Å². The van der Waals surface area contributed by atoms with Gasteiger partial charge in [-0.15, -0.1) is 0 Å². The van der Waals surface area contributed by atoms with Crippen LogP contribution in [0.15, 0.2) is 61.1 Å². The summed E-state index contributed by atoms with van der Waals surface area (Å²) in [4.78, 5) is 19.0. The highest BCUT2D eigenvalue weighted by molar-refractivity contribution is 6.03. The van der Waals surface area contributed by atoms with Gasteiger partial charge in [0.25, 0.3) is 5.91 Å². The average molecular weight is 361 g/mol. The first kappa shape index (κ1) is 17.4. The standard InChI is InChI=1S/C21H23N5O/c1-16-12-23-26(20(16)24-21(27)18-8-5-10-22-13-18)19-9-11-25(15-19)14-17-6-3-2-4-7-17/h2-8,10,12-13,19H,9,11,14-15H2,1H3,(H,24,27). The molecule has 6 heteroatoms. The van der Waals surface area contributed by atoms with Gasteiger partial charge in [-0.1, -0.05) is 30.3 Å². The van der Waals surface area contributed by atoms with Crippen LogP contribution in [0.1, 0.15) is 33.9 Å². The van der Waals surface area contributed by atoms with Crippen LogP contribution in [0.3, 0.4) is 0 Å². The number of carbonyl (C=O) groups excluding carboxylic acids is 1. The second-order valence-electron chi connectivity index (χ2n) is 6.98. The molecule has 3 heterocycles. The third-order valence-corrected chi connectivity index (χ3v) is 4.98. The Morgan fingerprint density at radius 1 is 1.19 bits per heavy atom. The minimum absolute atomic E-state index is 0.160. The van der Waals surface area contributed by atoms with Crippen molar-refractivity contribution < 1.29 is 4.79 Å². The Hall–Kier alpha value is -2.99. The van der Waals surface area contributed by atoms with E-state index in [1.165, 1.54) is 5.56 Å². The molecule has 1 atom stereocenters. The Morgan fingerprint density at radius 3 is 2.81 bits per heavy atom. The van der Waals surface area contributed by atoms with Crippen molar-refractivity contribution >= 4 is 11.7 Å². The lowest BCUT2D eigenvalue weighted by Crippen LogP contribution is -2.23. The molecular formula is C21H23N5O. The van der Waals surface area contributed by atoms with E-state index in [0.717, 1.165) is 37.4 Å². The van der Waals surface area contributed by atoms with Crippen LogP contribution in [0.5, 0.6) is 0 Å². The molecule has 138 valence electrons. The zero-order valence-corrected chi connectivity index (χ0v) is 15.4. The SMILES string of the molecule is Cc1cnn(C2CCN(Cc3ccccc3)C2)c1NC(=O)c1cccnc1. The third-order valence-electron chi connectivity index (χ3n) is 4.98. The van der Waals surface area contributed by atoms with E-state index in [2.05, 4.69) is 44.6 Å². The van der Waals surface area contributed by atoms with Gasteiger partial charge in [-0.25, -0.2) is 4.68 Å². The van der Waals surface area contributed by atoms with Crippen LogP contribution in [-0.2, 0) is 6.54 Å². The number of hydrogen-bond donors (Lipinski definition) is 1. The number of nitrogens with zero attached hydrogens (tertiary/aromatic N) is 4. The van der Waals surface area contributed by atoms with Crippen molar-refractivity contribution in [3.05, 3.63) is 77.7 Å². The van der Waals surface area contributed by atoms with Crippen molar-refractivity contribution in [1.82, 2.24) is 19.7 Å². The fourth-order valence-electron chi connectivity index (χ4n) is 3.55. The Bertz CT molecular complexity index is 907. The van der Waals surface area contributed by atoms with E-state index in [1.54, 1.807) is 24.5 Å². The van der Waals surface area contributed by atoms with E-state index in [-0.39, 0.29) is 11.9 Å². The number of aryl methyl sites for hydroxylation is 1. The maximum Gasteiger partial charge on any atom is 0.258 e. The van der Waals surface area contributed by atoms with Gasteiger partial charge in [-0.3, -0.25) is 14.7 Å². The normalized spacial score (nSPS) is 17.1. The monoisotopic (exact) mass is 361 g/mol. The highest BCUT2D eigenvalue weighted by Crippen LogP contribution is 2.28. The van der Waals surface area contributed by atoms with Crippen molar-refractivity contribution in [2.24, 2.45) is 0 Å². The Kier molecular flexibility index (Phi) is 4.98. The zero-order chi connectivity index (χ0) is 18.6. The molecule has 27 heavy (non-hydrogen) atoms. The van der Waals surface area contributed by atoms with Gasteiger partial charge >= 0.3 is 0 Å². The van der Waals surface area contributed by atoms with Gasteiger partial charge in [-0.05, 0) is 31.0 Å². The first-order chi connectivity index (χ1) is 13.2. The molecule has 2 aromatic heterocycles. The average Bonchev–Trinajstić information content (AvgIpc) is 3.30. The number of rotatable bonds is 5. The fourth-order valence-corrected chi connectivity index (χ4v) is 3.55. The number of anilines is 1. The quantitative estimate of drug-likeness (QED) is 0.757. The summed E-state index contributed by atoms with van der Waals surface area (Å²) < 4.78 is 1.97. The number of hydrogen-bond acceptors (Lipinski definition) is 4. The molecule has 3 aromatic rings. The molecule has 1 N–H and O–H groups in total. The Labute approximate surface area is 158 Å². The van der Waals surface area contributed by atoms with Gasteiger partial charge in [0.15, 0.2) is 0 Å². The lowest BCUT2D eigenvalue weighted by molar-refractivity contribution is 0.102. The highest BCUT2D eigenvalue weighted by Gasteiger charge is 2.27. The van der Waals surface area contributed by atoms with Crippen LogP contribution < -0.4 is 5.32 Å². The van der Waals surface area contributed by atoms with Gasteiger partial charge in [-0.2, -0.15) is 5.10 Å². The van der Waals surface area contributed by atoms with E-state index >= 15 is 0 Å². The fraction of sp³-hybridized carbons (Fsp3) is 0.286. The summed E-state index contributed by atoms with van der Waals surface area (Å²) in [6, 6.07) is 14.3. The molecule has 0 spiro atoms. The van der Waals surface area contributed by atoms with E-state index in [9.17, 15) is 4.79 Å². The summed E-state index contributed by atoms with van der Waals surface area (Å²) in [5.41, 5.74) is 2.83. The van der Waals surface area contributed by atoms with Crippen LogP contribution in [-0.4, -0.2) is 38.7 Å². The number of amides is 1. The molecular weight excluding hydrogens is 338 g/mol. The van der Waals surface area contributed by atoms with Gasteiger partial charge in [0.1, 0.15) is 5.82 Å². The topological polar surface area (TPSA) is 63.1 Å². The third kappa shape index (κ3) is 3.90. The van der Waals surface area contributed by atoms with Crippen LogP contribution >= 0.6 is 0 Å². The Morgan fingerprint density at radius 2 is 2.04 bits per heavy atom. The maximum atomic E-state index is 12.5. The number of pyridine rings is 1. The molecule has 1 aliphatic heterocycles. The van der Waals surface area contributed by atoms with Crippen molar-refractivity contribution in [1.29, 1.82) is 0 Å². The zero-order valence-electron chi connectivity index (χ0n) is 15.4. The molecule has 1 amide bonds. The summed E-state index contributed by atoms with van der Waals surface area (Å²) >= 11 is 0. The van der Waals surface area contributed by atoms with E-state index in [4.69, 9.17) is 0 Å². The summed E-state index contributed by atoms with van der Waals surface area (Å²) in [6.45, 7) is 4.86. The van der Waals surface area contributed by atoms with Crippen molar-refractivity contribution in [2.75, 3.05) is 18.4 Å². The van der Waals surface area contributed by atoms with Gasteiger partial charge in [0.2, 0.25) is 0 Å². The van der Waals surface area contributed by atoms with Gasteiger partial charge < -0.3 is 5.32 Å². The maximum absolute atomic E-state index is 12.5. The van der Waals surface area contributed by atoms with Gasteiger partial charge in [0.05, 0.1) is 17.8 Å². The predicted octanol–water partition coefficient (Wildman–Crippen LogP) is 3.29. The molecule has 0 aliphatic carbocycles. The lowest BCUT2D eigenvalue weighted by Gasteiger charge is -2.18. The predicted molar refractivity (Wildman–Crippen MR) is 105 cm³/mol. The molecule has 6 nitrogen and oxygen atoms in total. The second kappa shape index (κ2) is 7.72. The first-order valence-corrected chi connectivity index (χ1v) is 9.22. The van der Waals surface area contributed by atoms with Crippen molar-refractivity contribution in [3.8, 4) is 0 Å². The van der Waals surface area contributed by atoms with Crippen LogP contribution in [0.2, 0.25) is 0 Å². The molecule has 1 aliphatic rings. The largest absolute Gasteiger partial charge is 0.306 e. The Balaban J connectivity index is 1.46. The summed E-state index contributed by atoms with van der Waals surface area (Å²) in [5, 5.41) is 7.57.